The van der Waals surface area contributed by atoms with Gasteiger partial charge >= 0.3 is 0 Å². The van der Waals surface area contributed by atoms with Gasteiger partial charge in [-0.25, -0.2) is 0 Å². The maximum atomic E-state index is 5.80. The Hall–Kier alpha value is -0.120. The largest absolute Gasteiger partial charge is 0.380 e. The van der Waals surface area contributed by atoms with Crippen molar-refractivity contribution in [3.05, 3.63) is 0 Å². The predicted molar refractivity (Wildman–Crippen MR) is 91.8 cm³/mol. The van der Waals surface area contributed by atoms with Gasteiger partial charge in [0.2, 0.25) is 0 Å². The van der Waals surface area contributed by atoms with Gasteiger partial charge in [0.15, 0.2) is 0 Å². The molecule has 3 heteroatoms. The zero-order valence-electron chi connectivity index (χ0n) is 15.2. The Kier molecular flexibility index (Phi) is 8.22. The van der Waals surface area contributed by atoms with E-state index in [-0.39, 0.29) is 0 Å². The first-order valence-electron chi connectivity index (χ1n) is 8.95. The summed E-state index contributed by atoms with van der Waals surface area (Å²) >= 11 is 0. The SMILES string of the molecule is CCCCOCCN1CC(C(C)CC)NCC1C(C)(C)C. The van der Waals surface area contributed by atoms with Crippen molar-refractivity contribution < 1.29 is 4.74 Å². The molecule has 0 bridgehead atoms. The van der Waals surface area contributed by atoms with Crippen molar-refractivity contribution in [3.63, 3.8) is 0 Å². The Morgan fingerprint density at radius 3 is 2.52 bits per heavy atom. The van der Waals surface area contributed by atoms with Crippen molar-refractivity contribution in [2.45, 2.75) is 72.9 Å². The Morgan fingerprint density at radius 2 is 1.95 bits per heavy atom. The van der Waals surface area contributed by atoms with Crippen LogP contribution in [0.1, 0.15) is 60.8 Å². The van der Waals surface area contributed by atoms with Gasteiger partial charge in [-0.15, -0.1) is 0 Å². The molecule has 0 spiro atoms. The maximum Gasteiger partial charge on any atom is 0.0593 e. The molecule has 1 fully saturated rings. The van der Waals surface area contributed by atoms with Gasteiger partial charge in [0, 0.05) is 38.3 Å². The highest BCUT2D eigenvalue weighted by atomic mass is 16.5. The van der Waals surface area contributed by atoms with Crippen LogP contribution in [0, 0.1) is 11.3 Å². The summed E-state index contributed by atoms with van der Waals surface area (Å²) in [5, 5.41) is 3.78. The smallest absolute Gasteiger partial charge is 0.0593 e. The molecule has 21 heavy (non-hydrogen) atoms. The van der Waals surface area contributed by atoms with Crippen LogP contribution in [-0.2, 0) is 4.74 Å². The summed E-state index contributed by atoms with van der Waals surface area (Å²) in [6.07, 6.45) is 3.65. The van der Waals surface area contributed by atoms with Crippen molar-refractivity contribution in [1.82, 2.24) is 10.2 Å². The molecule has 1 aliphatic heterocycles. The van der Waals surface area contributed by atoms with Crippen molar-refractivity contribution >= 4 is 0 Å². The number of piperazine rings is 1. The highest BCUT2D eigenvalue weighted by molar-refractivity contribution is 4.93. The molecule has 1 N–H and O–H groups in total. The highest BCUT2D eigenvalue weighted by Gasteiger charge is 2.36. The van der Waals surface area contributed by atoms with E-state index in [0.717, 1.165) is 38.8 Å². The molecular formula is C18H38N2O. The monoisotopic (exact) mass is 298 g/mol. The first kappa shape index (κ1) is 18.9. The topological polar surface area (TPSA) is 24.5 Å². The molecule has 0 aromatic carbocycles. The fourth-order valence-electron chi connectivity index (χ4n) is 3.13. The molecule has 1 rings (SSSR count). The van der Waals surface area contributed by atoms with Gasteiger partial charge < -0.3 is 10.1 Å². The van der Waals surface area contributed by atoms with Crippen molar-refractivity contribution in [2.24, 2.45) is 11.3 Å². The van der Waals surface area contributed by atoms with E-state index in [0.29, 0.717) is 17.5 Å². The standard InChI is InChI=1S/C18H38N2O/c1-7-9-11-21-12-10-20-14-16(15(3)8-2)19-13-17(20)18(4,5)6/h15-17,19H,7-14H2,1-6H3. The molecule has 3 nitrogen and oxygen atoms in total. The third kappa shape index (κ3) is 6.25. The molecule has 0 aromatic rings. The molecule has 126 valence electrons. The molecule has 1 heterocycles. The summed E-state index contributed by atoms with van der Waals surface area (Å²) in [4.78, 5) is 2.67. The Bertz CT molecular complexity index is 275. The zero-order chi connectivity index (χ0) is 15.9. The Labute approximate surface area is 132 Å². The van der Waals surface area contributed by atoms with E-state index in [4.69, 9.17) is 4.74 Å². The van der Waals surface area contributed by atoms with Crippen LogP contribution in [-0.4, -0.2) is 49.8 Å². The summed E-state index contributed by atoms with van der Waals surface area (Å²) in [7, 11) is 0. The van der Waals surface area contributed by atoms with Crippen molar-refractivity contribution in [1.29, 1.82) is 0 Å². The summed E-state index contributed by atoms with van der Waals surface area (Å²) in [6.45, 7) is 19.1. The fraction of sp³-hybridized carbons (Fsp3) is 1.00. The van der Waals surface area contributed by atoms with E-state index in [1.807, 2.05) is 0 Å². The number of unbranched alkanes of at least 4 members (excludes halogenated alkanes) is 1. The van der Waals surface area contributed by atoms with E-state index in [9.17, 15) is 0 Å². The molecule has 0 saturated carbocycles. The van der Waals surface area contributed by atoms with E-state index in [1.165, 1.54) is 19.3 Å². The lowest BCUT2D eigenvalue weighted by molar-refractivity contribution is 0.0167. The summed E-state index contributed by atoms with van der Waals surface area (Å²) in [6, 6.07) is 1.23. The Balaban J connectivity index is 2.53. The van der Waals surface area contributed by atoms with Crippen LogP contribution in [0.25, 0.3) is 0 Å². The minimum atomic E-state index is 0.316. The van der Waals surface area contributed by atoms with Gasteiger partial charge in [0.1, 0.15) is 0 Å². The van der Waals surface area contributed by atoms with Gasteiger partial charge in [0.25, 0.3) is 0 Å². The van der Waals surface area contributed by atoms with Gasteiger partial charge in [-0.2, -0.15) is 0 Å². The number of ether oxygens (including phenoxy) is 1. The molecule has 0 radical (unpaired) electrons. The van der Waals surface area contributed by atoms with Crippen LogP contribution in [0.5, 0.6) is 0 Å². The first-order chi connectivity index (χ1) is 9.90. The Morgan fingerprint density at radius 1 is 1.24 bits per heavy atom. The third-order valence-electron chi connectivity index (χ3n) is 4.94. The number of hydrogen-bond acceptors (Lipinski definition) is 3. The van der Waals surface area contributed by atoms with Gasteiger partial charge in [-0.3, -0.25) is 4.90 Å². The number of nitrogens with one attached hydrogen (secondary N) is 1. The normalized spacial score (nSPS) is 26.0. The number of rotatable bonds is 8. The van der Waals surface area contributed by atoms with Crippen LogP contribution < -0.4 is 5.32 Å². The zero-order valence-corrected chi connectivity index (χ0v) is 15.2. The molecule has 1 saturated heterocycles. The molecule has 1 aliphatic rings. The van der Waals surface area contributed by atoms with Gasteiger partial charge in [0.05, 0.1) is 6.61 Å². The van der Waals surface area contributed by atoms with Crippen LogP contribution >= 0.6 is 0 Å². The molecule has 0 amide bonds. The second kappa shape index (κ2) is 9.12. The predicted octanol–water partition coefficient (Wildman–Crippen LogP) is 3.54. The fourth-order valence-corrected chi connectivity index (χ4v) is 3.13. The average Bonchev–Trinajstić information content (AvgIpc) is 2.45. The van der Waals surface area contributed by atoms with Crippen molar-refractivity contribution in [3.8, 4) is 0 Å². The van der Waals surface area contributed by atoms with E-state index in [1.54, 1.807) is 0 Å². The maximum absolute atomic E-state index is 5.80. The minimum Gasteiger partial charge on any atom is -0.380 e. The van der Waals surface area contributed by atoms with E-state index < -0.39 is 0 Å². The third-order valence-corrected chi connectivity index (χ3v) is 4.94. The molecule has 3 unspecified atom stereocenters. The second-order valence-electron chi connectivity index (χ2n) is 7.74. The number of hydrogen-bond donors (Lipinski definition) is 1. The number of nitrogens with zero attached hydrogens (tertiary/aromatic N) is 1. The highest BCUT2D eigenvalue weighted by Crippen LogP contribution is 2.27. The van der Waals surface area contributed by atoms with Crippen molar-refractivity contribution in [2.75, 3.05) is 32.8 Å². The van der Waals surface area contributed by atoms with Crippen LogP contribution in [0.3, 0.4) is 0 Å². The lowest BCUT2D eigenvalue weighted by atomic mass is 9.82. The summed E-state index contributed by atoms with van der Waals surface area (Å²) in [5.74, 6) is 0.745. The quantitative estimate of drug-likeness (QED) is 0.694. The molecular weight excluding hydrogens is 260 g/mol. The van der Waals surface area contributed by atoms with Gasteiger partial charge in [-0.1, -0.05) is 54.4 Å². The van der Waals surface area contributed by atoms with E-state index in [2.05, 4.69) is 51.8 Å². The summed E-state index contributed by atoms with van der Waals surface area (Å²) in [5.41, 5.74) is 0.316. The van der Waals surface area contributed by atoms with Crippen LogP contribution in [0.2, 0.25) is 0 Å². The molecule has 0 aromatic heterocycles. The lowest BCUT2D eigenvalue weighted by Crippen LogP contribution is -2.62. The minimum absolute atomic E-state index is 0.316. The lowest BCUT2D eigenvalue weighted by Gasteiger charge is -2.47. The van der Waals surface area contributed by atoms with Gasteiger partial charge in [-0.05, 0) is 17.8 Å². The van der Waals surface area contributed by atoms with Crippen LogP contribution in [0.15, 0.2) is 0 Å². The van der Waals surface area contributed by atoms with Crippen LogP contribution in [0.4, 0.5) is 0 Å². The second-order valence-corrected chi connectivity index (χ2v) is 7.74. The molecule has 0 aliphatic carbocycles. The molecule has 3 atom stereocenters. The van der Waals surface area contributed by atoms with E-state index >= 15 is 0 Å². The average molecular weight is 299 g/mol. The summed E-state index contributed by atoms with van der Waals surface area (Å²) < 4.78 is 5.80. The first-order valence-corrected chi connectivity index (χ1v) is 8.95.